The topological polar surface area (TPSA) is 44.4 Å². The van der Waals surface area contributed by atoms with Crippen molar-refractivity contribution in [1.29, 1.82) is 0 Å². The van der Waals surface area contributed by atoms with Gasteiger partial charge in [-0.25, -0.2) is 0 Å². The molecule has 1 unspecified atom stereocenters. The van der Waals surface area contributed by atoms with Crippen LogP contribution in [0.15, 0.2) is 0 Å². The van der Waals surface area contributed by atoms with Crippen LogP contribution < -0.4 is 10.6 Å². The van der Waals surface area contributed by atoms with Gasteiger partial charge < -0.3 is 15.5 Å². The van der Waals surface area contributed by atoms with Crippen LogP contribution in [0.2, 0.25) is 0 Å². The van der Waals surface area contributed by atoms with Crippen LogP contribution in [-0.2, 0) is 4.79 Å². The molecule has 1 heterocycles. The van der Waals surface area contributed by atoms with E-state index in [0.717, 1.165) is 12.6 Å². The SMILES string of the molecule is CNCC(=O)NCC1CCN(C2CC2)C1.Cl.Cl. The zero-order chi connectivity index (χ0) is 10.7. The Morgan fingerprint density at radius 2 is 2.00 bits per heavy atom. The fourth-order valence-electron chi connectivity index (χ4n) is 2.28. The Bertz CT molecular complexity index is 237. The van der Waals surface area contributed by atoms with Crippen LogP contribution in [-0.4, -0.2) is 50.1 Å². The van der Waals surface area contributed by atoms with Crippen LogP contribution in [0.1, 0.15) is 19.3 Å². The van der Waals surface area contributed by atoms with Gasteiger partial charge >= 0.3 is 0 Å². The number of hydrogen-bond donors (Lipinski definition) is 2. The minimum absolute atomic E-state index is 0. The van der Waals surface area contributed by atoms with E-state index in [1.165, 1.54) is 32.4 Å². The van der Waals surface area contributed by atoms with Gasteiger partial charge in [0.15, 0.2) is 0 Å². The molecule has 0 radical (unpaired) electrons. The highest BCUT2D eigenvalue weighted by molar-refractivity contribution is 5.85. The van der Waals surface area contributed by atoms with Crippen molar-refractivity contribution in [2.75, 3.05) is 33.2 Å². The van der Waals surface area contributed by atoms with Gasteiger partial charge in [0.25, 0.3) is 0 Å². The number of hydrogen-bond acceptors (Lipinski definition) is 3. The van der Waals surface area contributed by atoms with Crippen molar-refractivity contribution in [3.63, 3.8) is 0 Å². The summed E-state index contributed by atoms with van der Waals surface area (Å²) in [6.45, 7) is 3.70. The normalized spacial score (nSPS) is 23.7. The fraction of sp³-hybridized carbons (Fsp3) is 0.909. The second-order valence-corrected chi connectivity index (χ2v) is 4.72. The van der Waals surface area contributed by atoms with E-state index in [1.54, 1.807) is 7.05 Å². The summed E-state index contributed by atoms with van der Waals surface area (Å²) in [6.07, 6.45) is 4.02. The molecule has 0 aromatic rings. The molecule has 0 aromatic heterocycles. The van der Waals surface area contributed by atoms with E-state index < -0.39 is 0 Å². The third kappa shape index (κ3) is 5.42. The Morgan fingerprint density at radius 1 is 1.29 bits per heavy atom. The highest BCUT2D eigenvalue weighted by Crippen LogP contribution is 2.31. The van der Waals surface area contributed by atoms with E-state index in [4.69, 9.17) is 0 Å². The second kappa shape index (κ2) is 8.14. The predicted octanol–water partition coefficient (Wildman–Crippen LogP) is 0.650. The van der Waals surface area contributed by atoms with E-state index in [2.05, 4.69) is 15.5 Å². The Morgan fingerprint density at radius 3 is 2.59 bits per heavy atom. The summed E-state index contributed by atoms with van der Waals surface area (Å²) in [7, 11) is 1.80. The number of likely N-dealkylation sites (tertiary alicyclic amines) is 1. The lowest BCUT2D eigenvalue weighted by Crippen LogP contribution is -2.36. The minimum Gasteiger partial charge on any atom is -0.355 e. The summed E-state index contributed by atoms with van der Waals surface area (Å²) >= 11 is 0. The Kier molecular flexibility index (Phi) is 8.12. The van der Waals surface area contributed by atoms with Crippen LogP contribution in [0.3, 0.4) is 0 Å². The largest absolute Gasteiger partial charge is 0.355 e. The number of likely N-dealkylation sites (N-methyl/N-ethyl adjacent to an activating group) is 1. The van der Waals surface area contributed by atoms with Gasteiger partial charge in [0, 0.05) is 19.1 Å². The van der Waals surface area contributed by atoms with Crippen molar-refractivity contribution in [1.82, 2.24) is 15.5 Å². The van der Waals surface area contributed by atoms with Crippen molar-refractivity contribution < 1.29 is 4.79 Å². The lowest BCUT2D eigenvalue weighted by molar-refractivity contribution is -0.120. The van der Waals surface area contributed by atoms with Crippen molar-refractivity contribution in [3.05, 3.63) is 0 Å². The molecular weight excluding hydrogens is 261 g/mol. The molecule has 1 aliphatic heterocycles. The molecule has 0 bridgehead atoms. The molecule has 1 amide bonds. The maximum Gasteiger partial charge on any atom is 0.233 e. The number of rotatable bonds is 5. The smallest absolute Gasteiger partial charge is 0.233 e. The van der Waals surface area contributed by atoms with Crippen LogP contribution in [0.5, 0.6) is 0 Å². The maximum atomic E-state index is 11.2. The van der Waals surface area contributed by atoms with E-state index in [1.807, 2.05) is 0 Å². The van der Waals surface area contributed by atoms with Gasteiger partial charge in [-0.05, 0) is 38.8 Å². The van der Waals surface area contributed by atoms with Gasteiger partial charge in [-0.3, -0.25) is 4.79 Å². The summed E-state index contributed by atoms with van der Waals surface area (Å²) in [6, 6.07) is 0.878. The van der Waals surface area contributed by atoms with Gasteiger partial charge in [0.05, 0.1) is 6.54 Å². The zero-order valence-electron chi connectivity index (χ0n) is 10.3. The Balaban J connectivity index is 0.00000128. The van der Waals surface area contributed by atoms with E-state index >= 15 is 0 Å². The average molecular weight is 284 g/mol. The molecule has 1 aliphatic carbocycles. The third-order valence-corrected chi connectivity index (χ3v) is 3.31. The number of nitrogens with one attached hydrogen (secondary N) is 2. The third-order valence-electron chi connectivity index (χ3n) is 3.31. The number of amides is 1. The average Bonchev–Trinajstić information content (AvgIpc) is 2.96. The molecule has 1 saturated carbocycles. The molecular formula is C11H23Cl2N3O. The highest BCUT2D eigenvalue weighted by atomic mass is 35.5. The summed E-state index contributed by atoms with van der Waals surface area (Å²) in [5, 5.41) is 5.83. The van der Waals surface area contributed by atoms with Crippen molar-refractivity contribution >= 4 is 30.7 Å². The molecule has 0 aromatic carbocycles. The van der Waals surface area contributed by atoms with Crippen LogP contribution in [0.4, 0.5) is 0 Å². The molecule has 2 aliphatic rings. The maximum absolute atomic E-state index is 11.2. The van der Waals surface area contributed by atoms with E-state index in [0.29, 0.717) is 12.5 Å². The molecule has 2 rings (SSSR count). The molecule has 2 fully saturated rings. The zero-order valence-corrected chi connectivity index (χ0v) is 11.9. The first kappa shape index (κ1) is 17.0. The van der Waals surface area contributed by atoms with Gasteiger partial charge in [0.2, 0.25) is 5.91 Å². The van der Waals surface area contributed by atoms with Crippen LogP contribution >= 0.6 is 24.8 Å². The van der Waals surface area contributed by atoms with Crippen LogP contribution in [0, 0.1) is 5.92 Å². The fourth-order valence-corrected chi connectivity index (χ4v) is 2.28. The molecule has 2 N–H and O–H groups in total. The molecule has 4 nitrogen and oxygen atoms in total. The van der Waals surface area contributed by atoms with Crippen LogP contribution in [0.25, 0.3) is 0 Å². The van der Waals surface area contributed by atoms with Gasteiger partial charge in [-0.15, -0.1) is 24.8 Å². The molecule has 0 spiro atoms. The first-order valence-electron chi connectivity index (χ1n) is 5.95. The van der Waals surface area contributed by atoms with Gasteiger partial charge in [-0.2, -0.15) is 0 Å². The highest BCUT2D eigenvalue weighted by Gasteiger charge is 2.34. The van der Waals surface area contributed by atoms with Crippen molar-refractivity contribution in [2.24, 2.45) is 5.92 Å². The molecule has 1 saturated heterocycles. The standard InChI is InChI=1S/C11H21N3O.2ClH/c1-12-7-11(15)13-6-9-4-5-14(8-9)10-2-3-10;;/h9-10,12H,2-8H2,1H3,(H,13,15);2*1H. The number of nitrogens with zero attached hydrogens (tertiary/aromatic N) is 1. The lowest BCUT2D eigenvalue weighted by Gasteiger charge is -2.15. The van der Waals surface area contributed by atoms with E-state index in [-0.39, 0.29) is 30.7 Å². The quantitative estimate of drug-likeness (QED) is 0.779. The van der Waals surface area contributed by atoms with Crippen molar-refractivity contribution in [3.8, 4) is 0 Å². The summed E-state index contributed by atoms with van der Waals surface area (Å²) < 4.78 is 0. The monoisotopic (exact) mass is 283 g/mol. The minimum atomic E-state index is 0. The summed E-state index contributed by atoms with van der Waals surface area (Å²) in [5.41, 5.74) is 0. The Labute approximate surface area is 116 Å². The summed E-state index contributed by atoms with van der Waals surface area (Å²) in [4.78, 5) is 13.8. The second-order valence-electron chi connectivity index (χ2n) is 4.72. The first-order valence-corrected chi connectivity index (χ1v) is 5.95. The molecule has 17 heavy (non-hydrogen) atoms. The number of carbonyl (C=O) groups is 1. The Hall–Kier alpha value is -0.0300. The molecule has 1 atom stereocenters. The van der Waals surface area contributed by atoms with Gasteiger partial charge in [0.1, 0.15) is 0 Å². The predicted molar refractivity (Wildman–Crippen MR) is 74.1 cm³/mol. The van der Waals surface area contributed by atoms with E-state index in [9.17, 15) is 4.79 Å². The summed E-state index contributed by atoms with van der Waals surface area (Å²) in [5.74, 6) is 0.786. The number of carbonyl (C=O) groups excluding carboxylic acids is 1. The molecule has 6 heteroatoms. The molecule has 102 valence electrons. The lowest BCUT2D eigenvalue weighted by atomic mass is 10.1. The first-order chi connectivity index (χ1) is 7.29. The van der Waals surface area contributed by atoms with Gasteiger partial charge in [-0.1, -0.05) is 0 Å². The van der Waals surface area contributed by atoms with Crippen molar-refractivity contribution in [2.45, 2.75) is 25.3 Å². The number of halogens is 2.